The minimum Gasteiger partial charge on any atom is -0.389 e. The van der Waals surface area contributed by atoms with Gasteiger partial charge in [0.1, 0.15) is 5.82 Å². The molecule has 3 nitrogen and oxygen atoms in total. The van der Waals surface area contributed by atoms with Crippen LogP contribution in [0.4, 0.5) is 4.39 Å². The lowest BCUT2D eigenvalue weighted by atomic mass is 9.83. The quantitative estimate of drug-likeness (QED) is 0.900. The Hall–Kier alpha value is -0.970. The van der Waals surface area contributed by atoms with Crippen LogP contribution in [0.15, 0.2) is 24.3 Å². The molecule has 0 aromatic heterocycles. The Morgan fingerprint density at radius 3 is 2.40 bits per heavy atom. The predicted octanol–water partition coefficient (Wildman–Crippen LogP) is 2.58. The number of halogens is 1. The van der Waals surface area contributed by atoms with Crippen molar-refractivity contribution in [2.45, 2.75) is 44.0 Å². The molecule has 4 heteroatoms. The largest absolute Gasteiger partial charge is 0.389 e. The Bertz CT molecular complexity index is 411. The lowest BCUT2D eigenvalue weighted by Crippen LogP contribution is -2.44. The smallest absolute Gasteiger partial charge is 0.123 e. The standard InChI is InChI=1S/C16H24FNO2/c1-18(2)12-16(19)9-7-15(8-10-16)20-11-13-3-5-14(17)6-4-13/h3-6,15,19H,7-12H2,1-2H3. The van der Waals surface area contributed by atoms with Crippen LogP contribution in [0.2, 0.25) is 0 Å². The van der Waals surface area contributed by atoms with Crippen molar-refractivity contribution < 1.29 is 14.2 Å². The molecule has 2 rings (SSSR count). The van der Waals surface area contributed by atoms with Gasteiger partial charge in [0.15, 0.2) is 0 Å². The Morgan fingerprint density at radius 1 is 1.25 bits per heavy atom. The van der Waals surface area contributed by atoms with E-state index in [4.69, 9.17) is 4.74 Å². The van der Waals surface area contributed by atoms with Crippen molar-refractivity contribution >= 4 is 0 Å². The van der Waals surface area contributed by atoms with E-state index in [0.29, 0.717) is 13.2 Å². The highest BCUT2D eigenvalue weighted by Crippen LogP contribution is 2.30. The molecule has 0 bridgehead atoms. The molecule has 0 saturated heterocycles. The summed E-state index contributed by atoms with van der Waals surface area (Å²) in [5.74, 6) is -0.222. The Labute approximate surface area is 120 Å². The Morgan fingerprint density at radius 2 is 1.85 bits per heavy atom. The fourth-order valence-electron chi connectivity index (χ4n) is 2.84. The molecule has 1 fully saturated rings. The predicted molar refractivity (Wildman–Crippen MR) is 76.9 cm³/mol. The van der Waals surface area contributed by atoms with Gasteiger partial charge in [0, 0.05) is 6.54 Å². The molecule has 0 heterocycles. The molecule has 20 heavy (non-hydrogen) atoms. The van der Waals surface area contributed by atoms with Crippen LogP contribution in [-0.4, -0.2) is 42.4 Å². The Balaban J connectivity index is 1.75. The van der Waals surface area contributed by atoms with Gasteiger partial charge in [-0.3, -0.25) is 0 Å². The zero-order chi connectivity index (χ0) is 14.6. The lowest BCUT2D eigenvalue weighted by molar-refractivity contribution is -0.0694. The van der Waals surface area contributed by atoms with E-state index in [1.54, 1.807) is 12.1 Å². The number of ether oxygens (including phenoxy) is 1. The molecular formula is C16H24FNO2. The van der Waals surface area contributed by atoms with Gasteiger partial charge in [-0.05, 0) is 57.5 Å². The van der Waals surface area contributed by atoms with Crippen LogP contribution in [0.3, 0.4) is 0 Å². The number of hydrogen-bond donors (Lipinski definition) is 1. The summed E-state index contributed by atoms with van der Waals surface area (Å²) in [4.78, 5) is 2.03. The average molecular weight is 281 g/mol. The maximum absolute atomic E-state index is 12.8. The fourth-order valence-corrected chi connectivity index (χ4v) is 2.84. The van der Waals surface area contributed by atoms with Gasteiger partial charge < -0.3 is 14.7 Å². The first-order valence-corrected chi connectivity index (χ1v) is 7.20. The molecule has 0 aliphatic heterocycles. The first-order valence-electron chi connectivity index (χ1n) is 7.20. The van der Waals surface area contributed by atoms with Crippen LogP contribution in [0.1, 0.15) is 31.2 Å². The molecule has 0 radical (unpaired) electrons. The van der Waals surface area contributed by atoms with Crippen molar-refractivity contribution in [2.75, 3.05) is 20.6 Å². The minimum absolute atomic E-state index is 0.197. The lowest BCUT2D eigenvalue weighted by Gasteiger charge is -2.37. The first kappa shape index (κ1) is 15.4. The van der Waals surface area contributed by atoms with E-state index in [2.05, 4.69) is 0 Å². The topological polar surface area (TPSA) is 32.7 Å². The third-order valence-corrected chi connectivity index (χ3v) is 3.87. The second-order valence-corrected chi connectivity index (χ2v) is 6.10. The molecule has 0 amide bonds. The molecule has 0 spiro atoms. The molecule has 112 valence electrons. The monoisotopic (exact) mass is 281 g/mol. The highest BCUT2D eigenvalue weighted by molar-refractivity contribution is 5.15. The van der Waals surface area contributed by atoms with Gasteiger partial charge in [-0.15, -0.1) is 0 Å². The number of rotatable bonds is 5. The van der Waals surface area contributed by atoms with Crippen LogP contribution in [0.25, 0.3) is 0 Å². The van der Waals surface area contributed by atoms with Crippen LogP contribution in [0.5, 0.6) is 0 Å². The van der Waals surface area contributed by atoms with Crippen molar-refractivity contribution in [1.29, 1.82) is 0 Å². The molecule has 1 aromatic rings. The highest BCUT2D eigenvalue weighted by atomic mass is 19.1. The number of aliphatic hydroxyl groups is 1. The van der Waals surface area contributed by atoms with Crippen molar-refractivity contribution in [3.63, 3.8) is 0 Å². The van der Waals surface area contributed by atoms with E-state index in [0.717, 1.165) is 31.2 Å². The van der Waals surface area contributed by atoms with Crippen molar-refractivity contribution in [1.82, 2.24) is 4.90 Å². The number of benzene rings is 1. The summed E-state index contributed by atoms with van der Waals surface area (Å²) in [5.41, 5.74) is 0.416. The average Bonchev–Trinajstić information content (AvgIpc) is 2.39. The minimum atomic E-state index is -0.570. The van der Waals surface area contributed by atoms with Gasteiger partial charge in [0.05, 0.1) is 18.3 Å². The van der Waals surface area contributed by atoms with Crippen LogP contribution in [0, 0.1) is 5.82 Å². The normalized spacial score (nSPS) is 26.9. The molecular weight excluding hydrogens is 257 g/mol. The van der Waals surface area contributed by atoms with E-state index >= 15 is 0 Å². The molecule has 1 aromatic carbocycles. The van der Waals surface area contributed by atoms with E-state index in [1.165, 1.54) is 12.1 Å². The second-order valence-electron chi connectivity index (χ2n) is 6.10. The summed E-state index contributed by atoms with van der Waals surface area (Å²) in [5, 5.41) is 10.4. The third kappa shape index (κ3) is 4.54. The molecule has 1 aliphatic rings. The van der Waals surface area contributed by atoms with Gasteiger partial charge in [-0.25, -0.2) is 4.39 Å². The molecule has 1 saturated carbocycles. The van der Waals surface area contributed by atoms with Crippen molar-refractivity contribution in [3.8, 4) is 0 Å². The van der Waals surface area contributed by atoms with Crippen LogP contribution < -0.4 is 0 Å². The molecule has 1 N–H and O–H groups in total. The molecule has 0 unspecified atom stereocenters. The van der Waals surface area contributed by atoms with Gasteiger partial charge in [0.2, 0.25) is 0 Å². The van der Waals surface area contributed by atoms with Crippen molar-refractivity contribution in [2.24, 2.45) is 0 Å². The maximum atomic E-state index is 12.8. The summed E-state index contributed by atoms with van der Waals surface area (Å²) in [6.07, 6.45) is 3.51. The SMILES string of the molecule is CN(C)CC1(O)CCC(OCc2ccc(F)cc2)CC1. The maximum Gasteiger partial charge on any atom is 0.123 e. The van der Waals surface area contributed by atoms with E-state index < -0.39 is 5.60 Å². The number of nitrogens with zero attached hydrogens (tertiary/aromatic N) is 1. The van der Waals surface area contributed by atoms with E-state index in [9.17, 15) is 9.50 Å². The molecule has 0 atom stereocenters. The number of hydrogen-bond acceptors (Lipinski definition) is 3. The second kappa shape index (κ2) is 6.66. The third-order valence-electron chi connectivity index (χ3n) is 3.87. The first-order chi connectivity index (χ1) is 9.47. The van der Waals surface area contributed by atoms with Gasteiger partial charge in [-0.2, -0.15) is 0 Å². The summed E-state index contributed by atoms with van der Waals surface area (Å²) in [6.45, 7) is 1.22. The zero-order valence-electron chi connectivity index (χ0n) is 12.3. The fraction of sp³-hybridized carbons (Fsp3) is 0.625. The van der Waals surface area contributed by atoms with Gasteiger partial charge in [-0.1, -0.05) is 12.1 Å². The van der Waals surface area contributed by atoms with Crippen LogP contribution in [-0.2, 0) is 11.3 Å². The van der Waals surface area contributed by atoms with Crippen LogP contribution >= 0.6 is 0 Å². The summed E-state index contributed by atoms with van der Waals surface area (Å²) in [6, 6.07) is 6.41. The summed E-state index contributed by atoms with van der Waals surface area (Å²) < 4.78 is 18.7. The summed E-state index contributed by atoms with van der Waals surface area (Å²) in [7, 11) is 3.96. The summed E-state index contributed by atoms with van der Waals surface area (Å²) >= 11 is 0. The van der Waals surface area contributed by atoms with Gasteiger partial charge >= 0.3 is 0 Å². The van der Waals surface area contributed by atoms with Gasteiger partial charge in [0.25, 0.3) is 0 Å². The molecule has 1 aliphatic carbocycles. The zero-order valence-corrected chi connectivity index (χ0v) is 12.3. The number of likely N-dealkylation sites (N-methyl/N-ethyl adjacent to an activating group) is 1. The van der Waals surface area contributed by atoms with E-state index in [1.807, 2.05) is 19.0 Å². The van der Waals surface area contributed by atoms with Crippen molar-refractivity contribution in [3.05, 3.63) is 35.6 Å². The van der Waals surface area contributed by atoms with E-state index in [-0.39, 0.29) is 11.9 Å². The Kier molecular flexibility index (Phi) is 5.13. The highest BCUT2D eigenvalue weighted by Gasteiger charge is 2.33.